The van der Waals surface area contributed by atoms with Gasteiger partial charge in [-0.05, 0) is 37.1 Å². The summed E-state index contributed by atoms with van der Waals surface area (Å²) in [5.41, 5.74) is 3.77. The normalized spacial score (nSPS) is 11.1. The molecule has 0 saturated carbocycles. The Morgan fingerprint density at radius 1 is 1.24 bits per heavy atom. The summed E-state index contributed by atoms with van der Waals surface area (Å²) >= 11 is 3.17. The Morgan fingerprint density at radius 3 is 2.83 bits per heavy atom. The Hall–Kier alpha value is -2.64. The van der Waals surface area contributed by atoms with Gasteiger partial charge in [0.05, 0.1) is 0 Å². The monoisotopic (exact) mass is 426 g/mol. The number of carbonyl (C=O) groups is 1. The van der Waals surface area contributed by atoms with Crippen molar-refractivity contribution in [2.24, 2.45) is 0 Å². The minimum atomic E-state index is -0.312. The number of aryl methyl sites for hydroxylation is 2. The Labute approximate surface area is 176 Å². The van der Waals surface area contributed by atoms with Gasteiger partial charge in [-0.25, -0.2) is 9.37 Å². The number of thiazole rings is 1. The zero-order chi connectivity index (χ0) is 20.4. The average Bonchev–Trinajstić information content (AvgIpc) is 3.30. The second kappa shape index (κ2) is 8.39. The molecule has 0 aliphatic heterocycles. The highest BCUT2D eigenvalue weighted by molar-refractivity contribution is 8.00. The van der Waals surface area contributed by atoms with Gasteiger partial charge in [0.1, 0.15) is 15.7 Å². The number of halogens is 1. The minimum Gasteiger partial charge on any atom is -0.451 e. The predicted molar refractivity (Wildman–Crippen MR) is 115 cm³/mol. The van der Waals surface area contributed by atoms with Gasteiger partial charge in [0.15, 0.2) is 5.76 Å². The summed E-state index contributed by atoms with van der Waals surface area (Å²) in [6.07, 6.45) is 0. The lowest BCUT2D eigenvalue weighted by Gasteiger charge is -2.06. The molecule has 4 rings (SSSR count). The molecule has 0 unspecified atom stereocenters. The largest absolute Gasteiger partial charge is 0.451 e. The summed E-state index contributed by atoms with van der Waals surface area (Å²) in [5, 5.41) is 5.76. The van der Waals surface area contributed by atoms with Crippen molar-refractivity contribution in [2.45, 2.75) is 30.5 Å². The molecule has 0 bridgehead atoms. The van der Waals surface area contributed by atoms with E-state index in [9.17, 15) is 9.18 Å². The highest BCUT2D eigenvalue weighted by Crippen LogP contribution is 2.33. The Kier molecular flexibility index (Phi) is 5.69. The molecule has 2 aromatic carbocycles. The maximum Gasteiger partial charge on any atom is 0.287 e. The van der Waals surface area contributed by atoms with E-state index in [1.165, 1.54) is 6.07 Å². The van der Waals surface area contributed by atoms with E-state index in [1.54, 1.807) is 42.2 Å². The van der Waals surface area contributed by atoms with E-state index in [0.29, 0.717) is 28.2 Å². The van der Waals surface area contributed by atoms with E-state index >= 15 is 0 Å². The average molecular weight is 427 g/mol. The van der Waals surface area contributed by atoms with Crippen molar-refractivity contribution >= 4 is 40.0 Å². The van der Waals surface area contributed by atoms with E-state index in [-0.39, 0.29) is 18.3 Å². The third-order valence-electron chi connectivity index (χ3n) is 4.53. The number of thioether (sulfide) groups is 1. The van der Waals surface area contributed by atoms with Crippen LogP contribution in [-0.4, -0.2) is 10.9 Å². The van der Waals surface area contributed by atoms with Crippen LogP contribution >= 0.6 is 23.1 Å². The van der Waals surface area contributed by atoms with E-state index < -0.39 is 0 Å². The van der Waals surface area contributed by atoms with Crippen LogP contribution < -0.4 is 5.32 Å². The number of amides is 1. The molecular weight excluding hydrogens is 407 g/mol. The molecular formula is C22H19FN2O2S2. The van der Waals surface area contributed by atoms with Gasteiger partial charge in [-0.2, -0.15) is 0 Å². The molecule has 0 atom stereocenters. The summed E-state index contributed by atoms with van der Waals surface area (Å²) in [7, 11) is 0. The van der Waals surface area contributed by atoms with Gasteiger partial charge in [0.2, 0.25) is 0 Å². The number of aromatic nitrogens is 1. The first-order valence-electron chi connectivity index (χ1n) is 9.10. The molecule has 0 aliphatic rings. The van der Waals surface area contributed by atoms with Gasteiger partial charge in [-0.3, -0.25) is 4.79 Å². The van der Waals surface area contributed by atoms with Crippen LogP contribution in [0.15, 0.2) is 56.6 Å². The predicted octanol–water partition coefficient (Wildman–Crippen LogP) is 5.87. The van der Waals surface area contributed by atoms with E-state index in [1.807, 2.05) is 36.6 Å². The molecule has 1 N–H and O–H groups in total. The van der Waals surface area contributed by atoms with Gasteiger partial charge in [-0.1, -0.05) is 42.1 Å². The first kappa shape index (κ1) is 19.7. The fourth-order valence-corrected chi connectivity index (χ4v) is 4.84. The van der Waals surface area contributed by atoms with Crippen molar-refractivity contribution in [3.63, 3.8) is 0 Å². The van der Waals surface area contributed by atoms with Crippen molar-refractivity contribution in [1.82, 2.24) is 10.3 Å². The SMILES string of the molecule is Cc1csc(SCc2c(C(=O)NCc3ccc(C)c(F)c3)oc3ccccc23)n1. The number of benzene rings is 2. The number of para-hydroxylation sites is 1. The van der Waals surface area contributed by atoms with Crippen LogP contribution in [0, 0.1) is 19.7 Å². The highest BCUT2D eigenvalue weighted by atomic mass is 32.2. The molecule has 1 amide bonds. The van der Waals surface area contributed by atoms with Crippen molar-refractivity contribution in [1.29, 1.82) is 0 Å². The van der Waals surface area contributed by atoms with Crippen molar-refractivity contribution in [3.05, 3.63) is 81.8 Å². The van der Waals surface area contributed by atoms with Gasteiger partial charge >= 0.3 is 0 Å². The zero-order valence-corrected chi connectivity index (χ0v) is 17.6. The summed E-state index contributed by atoms with van der Waals surface area (Å²) in [6, 6.07) is 12.6. The molecule has 0 radical (unpaired) electrons. The van der Waals surface area contributed by atoms with E-state index in [2.05, 4.69) is 10.3 Å². The summed E-state index contributed by atoms with van der Waals surface area (Å²) in [6.45, 7) is 3.89. The molecule has 2 heterocycles. The summed E-state index contributed by atoms with van der Waals surface area (Å²) in [5.74, 6) is 0.273. The highest BCUT2D eigenvalue weighted by Gasteiger charge is 2.21. The van der Waals surface area contributed by atoms with Crippen LogP contribution in [0.5, 0.6) is 0 Å². The fraction of sp³-hybridized carbons (Fsp3) is 0.182. The van der Waals surface area contributed by atoms with Gasteiger partial charge < -0.3 is 9.73 Å². The number of furan rings is 1. The van der Waals surface area contributed by atoms with Crippen LogP contribution in [0.25, 0.3) is 11.0 Å². The second-order valence-electron chi connectivity index (χ2n) is 6.72. The molecule has 7 heteroatoms. The molecule has 148 valence electrons. The number of fused-ring (bicyclic) bond motifs is 1. The first-order valence-corrected chi connectivity index (χ1v) is 11.0. The smallest absolute Gasteiger partial charge is 0.287 e. The standard InChI is InChI=1S/C22H19FN2O2S2/c1-13-7-8-15(9-18(13)23)10-24-21(26)20-17(12-29-22-25-14(2)11-28-22)16-5-3-4-6-19(16)27-20/h3-9,11H,10,12H2,1-2H3,(H,24,26). The van der Waals surface area contributed by atoms with Gasteiger partial charge in [0.25, 0.3) is 5.91 Å². The molecule has 2 aromatic heterocycles. The fourth-order valence-electron chi connectivity index (χ4n) is 2.97. The Balaban J connectivity index is 1.56. The maximum atomic E-state index is 13.8. The minimum absolute atomic E-state index is 0.228. The number of rotatable bonds is 6. The van der Waals surface area contributed by atoms with E-state index in [4.69, 9.17) is 4.42 Å². The number of hydrogen-bond acceptors (Lipinski definition) is 5. The van der Waals surface area contributed by atoms with Crippen LogP contribution in [0.3, 0.4) is 0 Å². The molecule has 0 aliphatic carbocycles. The third-order valence-corrected chi connectivity index (χ3v) is 6.70. The van der Waals surface area contributed by atoms with Crippen LogP contribution in [0.4, 0.5) is 4.39 Å². The second-order valence-corrected chi connectivity index (χ2v) is 8.80. The number of nitrogens with one attached hydrogen (secondary N) is 1. The third kappa shape index (κ3) is 4.36. The number of carbonyl (C=O) groups excluding carboxylic acids is 1. The lowest BCUT2D eigenvalue weighted by molar-refractivity contribution is 0.0924. The van der Waals surface area contributed by atoms with Gasteiger partial charge in [-0.15, -0.1) is 11.3 Å². The van der Waals surface area contributed by atoms with Gasteiger partial charge in [0, 0.05) is 34.3 Å². The number of nitrogens with zero attached hydrogens (tertiary/aromatic N) is 1. The summed E-state index contributed by atoms with van der Waals surface area (Å²) < 4.78 is 20.6. The van der Waals surface area contributed by atoms with Crippen LogP contribution in [0.2, 0.25) is 0 Å². The van der Waals surface area contributed by atoms with Crippen LogP contribution in [-0.2, 0) is 12.3 Å². The molecule has 4 nitrogen and oxygen atoms in total. The first-order chi connectivity index (χ1) is 14.0. The molecule has 29 heavy (non-hydrogen) atoms. The van der Waals surface area contributed by atoms with Crippen molar-refractivity contribution in [3.8, 4) is 0 Å². The molecule has 0 fully saturated rings. The summed E-state index contributed by atoms with van der Waals surface area (Å²) in [4.78, 5) is 17.3. The molecule has 0 saturated heterocycles. The molecule has 0 spiro atoms. The Morgan fingerprint density at radius 2 is 2.07 bits per heavy atom. The zero-order valence-electron chi connectivity index (χ0n) is 16.0. The Bertz CT molecular complexity index is 1180. The lowest BCUT2D eigenvalue weighted by atomic mass is 10.1. The van der Waals surface area contributed by atoms with E-state index in [0.717, 1.165) is 21.0 Å². The lowest BCUT2D eigenvalue weighted by Crippen LogP contribution is -2.23. The molecule has 4 aromatic rings. The topological polar surface area (TPSA) is 55.1 Å². The van der Waals surface area contributed by atoms with Crippen molar-refractivity contribution in [2.75, 3.05) is 0 Å². The number of hydrogen-bond donors (Lipinski definition) is 1. The van der Waals surface area contributed by atoms with Crippen LogP contribution in [0.1, 0.15) is 32.9 Å². The maximum absolute atomic E-state index is 13.8. The van der Waals surface area contributed by atoms with Crippen molar-refractivity contribution < 1.29 is 13.6 Å². The quantitative estimate of drug-likeness (QED) is 0.392.